The number of ether oxygens (including phenoxy) is 1. The molecular formula is C15H23N5O2. The number of hydrogen-bond acceptors (Lipinski definition) is 6. The summed E-state index contributed by atoms with van der Waals surface area (Å²) in [5.41, 5.74) is 0.405. The lowest BCUT2D eigenvalue weighted by atomic mass is 10.2. The predicted octanol–water partition coefficient (Wildman–Crippen LogP) is 1.52. The minimum atomic E-state index is -0.488. The molecule has 1 aromatic heterocycles. The molecule has 0 fully saturated rings. The normalized spacial score (nSPS) is 15.3. The lowest BCUT2D eigenvalue weighted by Gasteiger charge is -2.29. The molecule has 1 aromatic rings. The van der Waals surface area contributed by atoms with Crippen molar-refractivity contribution in [1.29, 1.82) is 0 Å². The van der Waals surface area contributed by atoms with Crippen molar-refractivity contribution in [2.75, 3.05) is 19.6 Å². The first-order chi connectivity index (χ1) is 10.3. The number of aromatic nitrogens is 2. The van der Waals surface area contributed by atoms with E-state index in [-0.39, 0.29) is 6.09 Å². The molecular weight excluding hydrogens is 282 g/mol. The summed E-state index contributed by atoms with van der Waals surface area (Å²) in [7, 11) is 0. The van der Waals surface area contributed by atoms with Gasteiger partial charge in [0.05, 0.1) is 25.3 Å². The lowest BCUT2D eigenvalue weighted by molar-refractivity contribution is 0.0276. The molecule has 0 radical (unpaired) electrons. The number of carbonyl (C=O) groups excluding carboxylic acids is 1. The Morgan fingerprint density at radius 2 is 2.23 bits per heavy atom. The summed E-state index contributed by atoms with van der Waals surface area (Å²) in [6, 6.07) is 1.86. The summed E-state index contributed by atoms with van der Waals surface area (Å²) in [5, 5.41) is 3.22. The van der Waals surface area contributed by atoms with Crippen LogP contribution in [0, 0.1) is 6.92 Å². The zero-order chi connectivity index (χ0) is 16.2. The molecule has 22 heavy (non-hydrogen) atoms. The van der Waals surface area contributed by atoms with Crippen molar-refractivity contribution in [2.24, 2.45) is 4.99 Å². The number of carbonyl (C=O) groups is 1. The fourth-order valence-corrected chi connectivity index (χ4v) is 2.01. The standard InChI is InChI=1S/C15H23N5O2/c1-11-16-6-5-12(19-11)9-18-13-10-20(8-7-17-13)14(21)22-15(2,3)4/h5-6H,7-10H2,1-4H3,(H,17,18). The molecule has 7 heteroatoms. The van der Waals surface area contributed by atoms with Crippen LogP contribution in [0.5, 0.6) is 0 Å². The molecule has 1 N–H and O–H groups in total. The molecule has 2 rings (SSSR count). The van der Waals surface area contributed by atoms with Crippen LogP contribution in [0.25, 0.3) is 0 Å². The Morgan fingerprint density at radius 3 is 2.91 bits per heavy atom. The van der Waals surface area contributed by atoms with Gasteiger partial charge in [-0.25, -0.2) is 14.8 Å². The number of aryl methyl sites for hydroxylation is 1. The van der Waals surface area contributed by atoms with Gasteiger partial charge in [0.1, 0.15) is 17.3 Å². The molecule has 120 valence electrons. The third-order valence-corrected chi connectivity index (χ3v) is 2.97. The van der Waals surface area contributed by atoms with Crippen LogP contribution >= 0.6 is 0 Å². The zero-order valence-electron chi connectivity index (χ0n) is 13.6. The SMILES string of the molecule is Cc1nccc(CNC2=NCCN(C(=O)OC(C)(C)C)C2)n1. The van der Waals surface area contributed by atoms with Gasteiger partial charge < -0.3 is 10.1 Å². The zero-order valence-corrected chi connectivity index (χ0v) is 13.6. The highest BCUT2D eigenvalue weighted by Gasteiger charge is 2.24. The van der Waals surface area contributed by atoms with E-state index in [0.717, 1.165) is 17.4 Å². The van der Waals surface area contributed by atoms with Crippen molar-refractivity contribution in [3.05, 3.63) is 23.8 Å². The van der Waals surface area contributed by atoms with Crippen LogP contribution < -0.4 is 5.32 Å². The minimum absolute atomic E-state index is 0.306. The number of hydrogen-bond donors (Lipinski definition) is 1. The Bertz CT molecular complexity index is 565. The smallest absolute Gasteiger partial charge is 0.410 e. The second-order valence-electron chi connectivity index (χ2n) is 6.18. The molecule has 7 nitrogen and oxygen atoms in total. The van der Waals surface area contributed by atoms with E-state index in [2.05, 4.69) is 20.3 Å². The second-order valence-corrected chi connectivity index (χ2v) is 6.18. The van der Waals surface area contributed by atoms with Gasteiger partial charge in [0.15, 0.2) is 0 Å². The van der Waals surface area contributed by atoms with Gasteiger partial charge in [-0.05, 0) is 33.8 Å². The number of amides is 1. The minimum Gasteiger partial charge on any atom is -0.444 e. The highest BCUT2D eigenvalue weighted by atomic mass is 16.6. The van der Waals surface area contributed by atoms with Gasteiger partial charge in [0, 0.05) is 12.7 Å². The molecule has 0 spiro atoms. The summed E-state index contributed by atoms with van der Waals surface area (Å²) in [4.78, 5) is 26.5. The molecule has 1 aliphatic rings. The van der Waals surface area contributed by atoms with Gasteiger partial charge in [-0.3, -0.25) is 9.89 Å². The summed E-state index contributed by atoms with van der Waals surface area (Å²) >= 11 is 0. The molecule has 0 unspecified atom stereocenters. The summed E-state index contributed by atoms with van der Waals surface area (Å²) in [6.07, 6.45) is 1.43. The third-order valence-electron chi connectivity index (χ3n) is 2.97. The van der Waals surface area contributed by atoms with Gasteiger partial charge in [0.2, 0.25) is 0 Å². The molecule has 1 aliphatic heterocycles. The molecule has 0 aliphatic carbocycles. The van der Waals surface area contributed by atoms with Crippen LogP contribution in [-0.2, 0) is 11.3 Å². The molecule has 0 bridgehead atoms. The van der Waals surface area contributed by atoms with E-state index >= 15 is 0 Å². The van der Waals surface area contributed by atoms with Crippen LogP contribution in [0.4, 0.5) is 4.79 Å². The quantitative estimate of drug-likeness (QED) is 0.896. The van der Waals surface area contributed by atoms with E-state index in [1.165, 1.54) is 0 Å². The summed E-state index contributed by atoms with van der Waals surface area (Å²) < 4.78 is 5.39. The van der Waals surface area contributed by atoms with Gasteiger partial charge in [-0.1, -0.05) is 0 Å². The van der Waals surface area contributed by atoms with Crippen LogP contribution in [0.3, 0.4) is 0 Å². The van der Waals surface area contributed by atoms with Crippen molar-refractivity contribution < 1.29 is 9.53 Å². The maximum Gasteiger partial charge on any atom is 0.410 e. The monoisotopic (exact) mass is 305 g/mol. The van der Waals surface area contributed by atoms with Crippen molar-refractivity contribution in [3.8, 4) is 0 Å². The van der Waals surface area contributed by atoms with Crippen molar-refractivity contribution in [3.63, 3.8) is 0 Å². The Morgan fingerprint density at radius 1 is 1.45 bits per heavy atom. The van der Waals surface area contributed by atoms with Crippen LogP contribution in [0.1, 0.15) is 32.3 Å². The Balaban J connectivity index is 1.88. The highest BCUT2D eigenvalue weighted by molar-refractivity contribution is 5.87. The molecule has 0 atom stereocenters. The van der Waals surface area contributed by atoms with E-state index < -0.39 is 5.60 Å². The molecule has 0 saturated heterocycles. The molecule has 0 aromatic carbocycles. The summed E-state index contributed by atoms with van der Waals surface area (Å²) in [5.74, 6) is 1.51. The van der Waals surface area contributed by atoms with Gasteiger partial charge in [0.25, 0.3) is 0 Å². The van der Waals surface area contributed by atoms with Crippen LogP contribution in [0.2, 0.25) is 0 Å². The highest BCUT2D eigenvalue weighted by Crippen LogP contribution is 2.11. The number of nitrogens with one attached hydrogen (secondary N) is 1. The van der Waals surface area contributed by atoms with E-state index in [4.69, 9.17) is 4.74 Å². The second kappa shape index (κ2) is 6.72. The van der Waals surface area contributed by atoms with E-state index in [1.54, 1.807) is 11.1 Å². The molecule has 0 saturated carbocycles. The molecule has 2 heterocycles. The molecule has 1 amide bonds. The lowest BCUT2D eigenvalue weighted by Crippen LogP contribution is -2.47. The average Bonchev–Trinajstić information content (AvgIpc) is 2.44. The number of aliphatic imine (C=N–C) groups is 1. The Kier molecular flexibility index (Phi) is 4.95. The largest absolute Gasteiger partial charge is 0.444 e. The Hall–Kier alpha value is -2.18. The Labute approximate surface area is 130 Å². The maximum atomic E-state index is 12.1. The third kappa shape index (κ3) is 4.98. The van der Waals surface area contributed by atoms with E-state index in [1.807, 2.05) is 33.8 Å². The summed E-state index contributed by atoms with van der Waals surface area (Å²) in [6.45, 7) is 9.57. The van der Waals surface area contributed by atoms with Crippen LogP contribution in [-0.4, -0.2) is 52.0 Å². The van der Waals surface area contributed by atoms with E-state index in [9.17, 15) is 4.79 Å². The number of amidine groups is 1. The van der Waals surface area contributed by atoms with E-state index in [0.29, 0.717) is 26.2 Å². The first-order valence-electron chi connectivity index (χ1n) is 7.37. The first kappa shape index (κ1) is 16.2. The van der Waals surface area contributed by atoms with Crippen molar-refractivity contribution in [1.82, 2.24) is 20.2 Å². The predicted molar refractivity (Wildman–Crippen MR) is 83.7 cm³/mol. The average molecular weight is 305 g/mol. The van der Waals surface area contributed by atoms with Crippen molar-refractivity contribution >= 4 is 11.9 Å². The van der Waals surface area contributed by atoms with Gasteiger partial charge in [-0.15, -0.1) is 0 Å². The topological polar surface area (TPSA) is 79.7 Å². The van der Waals surface area contributed by atoms with Gasteiger partial charge in [-0.2, -0.15) is 0 Å². The fourth-order valence-electron chi connectivity index (χ4n) is 2.01. The van der Waals surface area contributed by atoms with Crippen LogP contribution in [0.15, 0.2) is 17.3 Å². The first-order valence-corrected chi connectivity index (χ1v) is 7.37. The number of rotatable bonds is 2. The van der Waals surface area contributed by atoms with Gasteiger partial charge >= 0.3 is 6.09 Å². The fraction of sp³-hybridized carbons (Fsp3) is 0.600. The van der Waals surface area contributed by atoms with Crippen molar-refractivity contribution in [2.45, 2.75) is 39.8 Å². The maximum absolute atomic E-state index is 12.1. The number of nitrogens with zero attached hydrogens (tertiary/aromatic N) is 4.